The second-order valence-corrected chi connectivity index (χ2v) is 5.70. The monoisotopic (exact) mass is 276 g/mol. The van der Waals surface area contributed by atoms with Gasteiger partial charge in [0.05, 0.1) is 4.83 Å². The van der Waals surface area contributed by atoms with Gasteiger partial charge < -0.3 is 10.2 Å². The molecule has 3 nitrogen and oxygen atoms in total. The molecule has 0 aromatic heterocycles. The number of halogens is 1. The van der Waals surface area contributed by atoms with Crippen LogP contribution in [-0.2, 0) is 4.79 Å². The van der Waals surface area contributed by atoms with Gasteiger partial charge in [-0.25, -0.2) is 0 Å². The fraction of sp³-hybridized carbons (Fsp3) is 0.909. The molecule has 1 amide bonds. The number of likely N-dealkylation sites (N-methyl/N-ethyl adjacent to an activating group) is 1. The second kappa shape index (κ2) is 6.48. The van der Waals surface area contributed by atoms with Gasteiger partial charge in [-0.3, -0.25) is 4.79 Å². The van der Waals surface area contributed by atoms with Crippen molar-refractivity contribution < 1.29 is 4.79 Å². The molecule has 15 heavy (non-hydrogen) atoms. The Kier molecular flexibility index (Phi) is 5.61. The highest BCUT2D eigenvalue weighted by atomic mass is 79.9. The first kappa shape index (κ1) is 13.0. The second-order valence-electron chi connectivity index (χ2n) is 4.33. The average Bonchev–Trinajstić information content (AvgIpc) is 2.70. The summed E-state index contributed by atoms with van der Waals surface area (Å²) < 4.78 is 0. The molecular formula is C11H21BrN2O. The van der Waals surface area contributed by atoms with Crippen LogP contribution in [0, 0.1) is 0 Å². The maximum absolute atomic E-state index is 11.3. The van der Waals surface area contributed by atoms with Crippen molar-refractivity contribution in [2.24, 2.45) is 0 Å². The van der Waals surface area contributed by atoms with Gasteiger partial charge in [-0.1, -0.05) is 28.8 Å². The van der Waals surface area contributed by atoms with Crippen molar-refractivity contribution in [3.8, 4) is 0 Å². The molecule has 0 spiro atoms. The molecule has 4 heteroatoms. The van der Waals surface area contributed by atoms with Gasteiger partial charge in [0.1, 0.15) is 0 Å². The summed E-state index contributed by atoms with van der Waals surface area (Å²) in [4.78, 5) is 13.5. The Morgan fingerprint density at radius 2 is 2.13 bits per heavy atom. The van der Waals surface area contributed by atoms with Gasteiger partial charge in [0.25, 0.3) is 0 Å². The van der Waals surface area contributed by atoms with E-state index in [0.717, 1.165) is 19.1 Å². The fourth-order valence-corrected chi connectivity index (χ4v) is 2.19. The third-order valence-corrected chi connectivity index (χ3v) is 3.49. The quantitative estimate of drug-likeness (QED) is 0.777. The van der Waals surface area contributed by atoms with E-state index < -0.39 is 0 Å². The van der Waals surface area contributed by atoms with Gasteiger partial charge in [0.2, 0.25) is 5.91 Å². The Morgan fingerprint density at radius 3 is 2.67 bits per heavy atom. The minimum absolute atomic E-state index is 0.0785. The number of carbonyl (C=O) groups is 1. The molecule has 0 saturated heterocycles. The molecule has 0 aromatic carbocycles. The molecule has 1 aliphatic carbocycles. The standard InChI is InChI=1S/C11H21BrN2O/c1-9(12)11(15)13-7-8-14(2)10-5-3-4-6-10/h9-10H,3-8H2,1-2H3,(H,13,15). The van der Waals surface area contributed by atoms with Crippen molar-refractivity contribution in [1.82, 2.24) is 10.2 Å². The highest BCUT2D eigenvalue weighted by Crippen LogP contribution is 2.21. The number of hydrogen-bond donors (Lipinski definition) is 1. The van der Waals surface area contributed by atoms with E-state index >= 15 is 0 Å². The predicted molar refractivity (Wildman–Crippen MR) is 66.3 cm³/mol. The van der Waals surface area contributed by atoms with E-state index in [9.17, 15) is 4.79 Å². The molecule has 0 radical (unpaired) electrons. The molecule has 1 rings (SSSR count). The first-order valence-electron chi connectivity index (χ1n) is 5.73. The van der Waals surface area contributed by atoms with E-state index in [1.54, 1.807) is 0 Å². The average molecular weight is 277 g/mol. The van der Waals surface area contributed by atoms with Crippen LogP contribution in [0.2, 0.25) is 0 Å². The van der Waals surface area contributed by atoms with Gasteiger partial charge >= 0.3 is 0 Å². The summed E-state index contributed by atoms with van der Waals surface area (Å²) >= 11 is 3.25. The zero-order valence-corrected chi connectivity index (χ0v) is 11.2. The predicted octanol–water partition coefficient (Wildman–Crippen LogP) is 1.76. The molecule has 0 bridgehead atoms. The summed E-state index contributed by atoms with van der Waals surface area (Å²) in [6.07, 6.45) is 5.36. The Labute approximate surface area is 101 Å². The minimum atomic E-state index is -0.0886. The number of rotatable bonds is 5. The van der Waals surface area contributed by atoms with Crippen molar-refractivity contribution in [3.05, 3.63) is 0 Å². The van der Waals surface area contributed by atoms with E-state index in [0.29, 0.717) is 0 Å². The summed E-state index contributed by atoms with van der Waals surface area (Å²) in [6.45, 7) is 3.55. The number of carbonyl (C=O) groups excluding carboxylic acids is 1. The third kappa shape index (κ3) is 4.51. The summed E-state index contributed by atoms with van der Waals surface area (Å²) in [5.74, 6) is 0.0785. The molecular weight excluding hydrogens is 256 g/mol. The van der Waals surface area contributed by atoms with E-state index in [1.807, 2.05) is 6.92 Å². The van der Waals surface area contributed by atoms with Crippen LogP contribution in [0.15, 0.2) is 0 Å². The lowest BCUT2D eigenvalue weighted by Gasteiger charge is -2.24. The Morgan fingerprint density at radius 1 is 1.53 bits per heavy atom. The lowest BCUT2D eigenvalue weighted by molar-refractivity contribution is -0.120. The van der Waals surface area contributed by atoms with Crippen LogP contribution in [0.5, 0.6) is 0 Å². The molecule has 1 saturated carbocycles. The molecule has 1 fully saturated rings. The number of nitrogens with one attached hydrogen (secondary N) is 1. The Balaban J connectivity index is 2.11. The van der Waals surface area contributed by atoms with Crippen molar-refractivity contribution in [1.29, 1.82) is 0 Å². The van der Waals surface area contributed by atoms with E-state index in [2.05, 4.69) is 33.2 Å². The molecule has 88 valence electrons. The maximum atomic E-state index is 11.3. The molecule has 1 atom stereocenters. The smallest absolute Gasteiger partial charge is 0.233 e. The molecule has 0 heterocycles. The van der Waals surface area contributed by atoms with Crippen molar-refractivity contribution in [3.63, 3.8) is 0 Å². The molecule has 1 N–H and O–H groups in total. The first-order valence-corrected chi connectivity index (χ1v) is 6.65. The third-order valence-electron chi connectivity index (χ3n) is 3.07. The maximum Gasteiger partial charge on any atom is 0.233 e. The number of amides is 1. The van der Waals surface area contributed by atoms with Crippen molar-refractivity contribution in [2.45, 2.75) is 43.5 Å². The van der Waals surface area contributed by atoms with E-state index in [1.165, 1.54) is 25.7 Å². The number of alkyl halides is 1. The summed E-state index contributed by atoms with van der Waals surface area (Å²) in [5.41, 5.74) is 0. The first-order chi connectivity index (χ1) is 7.11. The lowest BCUT2D eigenvalue weighted by atomic mass is 10.2. The van der Waals surface area contributed by atoms with E-state index in [4.69, 9.17) is 0 Å². The van der Waals surface area contributed by atoms with Crippen LogP contribution < -0.4 is 5.32 Å². The van der Waals surface area contributed by atoms with Crippen molar-refractivity contribution in [2.75, 3.05) is 20.1 Å². The molecule has 0 aromatic rings. The molecule has 1 aliphatic rings. The largest absolute Gasteiger partial charge is 0.354 e. The summed E-state index contributed by atoms with van der Waals surface area (Å²) in [5, 5.41) is 2.91. The van der Waals surface area contributed by atoms with Crippen LogP contribution in [0.3, 0.4) is 0 Å². The van der Waals surface area contributed by atoms with E-state index in [-0.39, 0.29) is 10.7 Å². The van der Waals surface area contributed by atoms with Gasteiger partial charge in [0, 0.05) is 19.1 Å². The van der Waals surface area contributed by atoms with Crippen molar-refractivity contribution >= 4 is 21.8 Å². The highest BCUT2D eigenvalue weighted by Gasteiger charge is 2.19. The SMILES string of the molecule is CC(Br)C(=O)NCCN(C)C1CCCC1. The number of hydrogen-bond acceptors (Lipinski definition) is 2. The highest BCUT2D eigenvalue weighted by molar-refractivity contribution is 9.10. The van der Waals surface area contributed by atoms with Crippen LogP contribution >= 0.6 is 15.9 Å². The Hall–Kier alpha value is -0.0900. The fourth-order valence-electron chi connectivity index (χ4n) is 2.02. The molecule has 0 aliphatic heterocycles. The lowest BCUT2D eigenvalue weighted by Crippen LogP contribution is -2.39. The zero-order chi connectivity index (χ0) is 11.3. The van der Waals surface area contributed by atoms with Gasteiger partial charge in [-0.05, 0) is 26.8 Å². The Bertz CT molecular complexity index is 203. The van der Waals surface area contributed by atoms with Crippen LogP contribution in [0.4, 0.5) is 0 Å². The normalized spacial score (nSPS) is 19.5. The van der Waals surface area contributed by atoms with Crippen LogP contribution in [0.1, 0.15) is 32.6 Å². The summed E-state index contributed by atoms with van der Waals surface area (Å²) in [7, 11) is 2.15. The van der Waals surface area contributed by atoms with Gasteiger partial charge in [-0.15, -0.1) is 0 Å². The zero-order valence-electron chi connectivity index (χ0n) is 9.63. The van der Waals surface area contributed by atoms with Crippen LogP contribution in [-0.4, -0.2) is 41.8 Å². The number of nitrogens with zero attached hydrogens (tertiary/aromatic N) is 1. The van der Waals surface area contributed by atoms with Gasteiger partial charge in [-0.2, -0.15) is 0 Å². The minimum Gasteiger partial charge on any atom is -0.354 e. The van der Waals surface area contributed by atoms with Gasteiger partial charge in [0.15, 0.2) is 0 Å². The summed E-state index contributed by atoms with van der Waals surface area (Å²) in [6, 6.07) is 0.739. The molecule has 1 unspecified atom stereocenters. The topological polar surface area (TPSA) is 32.3 Å². The van der Waals surface area contributed by atoms with Crippen LogP contribution in [0.25, 0.3) is 0 Å².